The molecule has 2 N–H and O–H groups in total. The molecule has 0 saturated heterocycles. The molecule has 0 aromatic heterocycles. The quantitative estimate of drug-likeness (QED) is 0.620. The molecule has 0 amide bonds. The zero-order valence-corrected chi connectivity index (χ0v) is 14.3. The van der Waals surface area contributed by atoms with Crippen molar-refractivity contribution in [3.8, 4) is 0 Å². The molecule has 0 bridgehead atoms. The normalized spacial score (nSPS) is 18.9. The SMILES string of the molecule is CCCC(CN)C(CC)/C(C)=C/CCC(C)S(C)=O. The first-order chi connectivity index (χ1) is 8.97. The maximum absolute atomic E-state index is 11.3. The van der Waals surface area contributed by atoms with Gasteiger partial charge in [-0.1, -0.05) is 38.8 Å². The average Bonchev–Trinajstić information content (AvgIpc) is 2.38. The molecule has 2 nitrogen and oxygen atoms in total. The molecule has 114 valence electrons. The highest BCUT2D eigenvalue weighted by Gasteiger charge is 2.19. The van der Waals surface area contributed by atoms with Crippen molar-refractivity contribution in [2.24, 2.45) is 17.6 Å². The van der Waals surface area contributed by atoms with Crippen molar-refractivity contribution in [3.63, 3.8) is 0 Å². The predicted molar refractivity (Wildman–Crippen MR) is 87.8 cm³/mol. The fourth-order valence-corrected chi connectivity index (χ4v) is 3.21. The van der Waals surface area contributed by atoms with Gasteiger partial charge in [-0.05, 0) is 51.0 Å². The third-order valence-electron chi connectivity index (χ3n) is 4.16. The molecule has 0 aliphatic carbocycles. The van der Waals surface area contributed by atoms with Gasteiger partial charge >= 0.3 is 0 Å². The van der Waals surface area contributed by atoms with Crippen molar-refractivity contribution in [2.75, 3.05) is 12.8 Å². The van der Waals surface area contributed by atoms with Crippen LogP contribution in [0.25, 0.3) is 0 Å². The van der Waals surface area contributed by atoms with Crippen LogP contribution >= 0.6 is 0 Å². The predicted octanol–water partition coefficient (Wildman–Crippen LogP) is 3.88. The van der Waals surface area contributed by atoms with Gasteiger partial charge in [0.05, 0.1) is 0 Å². The summed E-state index contributed by atoms with van der Waals surface area (Å²) in [6.45, 7) is 9.57. The summed E-state index contributed by atoms with van der Waals surface area (Å²) in [5.74, 6) is 1.23. The van der Waals surface area contributed by atoms with Crippen LogP contribution in [0, 0.1) is 11.8 Å². The third-order valence-corrected chi connectivity index (χ3v) is 5.53. The van der Waals surface area contributed by atoms with Crippen LogP contribution in [0.15, 0.2) is 11.6 Å². The molecule has 0 radical (unpaired) electrons. The first-order valence-corrected chi connectivity index (χ1v) is 9.28. The van der Waals surface area contributed by atoms with E-state index >= 15 is 0 Å². The van der Waals surface area contributed by atoms with E-state index in [0.717, 1.165) is 19.4 Å². The van der Waals surface area contributed by atoms with Gasteiger partial charge in [-0.2, -0.15) is 0 Å². The molecule has 0 aliphatic rings. The summed E-state index contributed by atoms with van der Waals surface area (Å²) >= 11 is 0. The Morgan fingerprint density at radius 1 is 1.32 bits per heavy atom. The zero-order chi connectivity index (χ0) is 14.8. The van der Waals surface area contributed by atoms with Crippen molar-refractivity contribution < 1.29 is 4.21 Å². The number of hydrogen-bond donors (Lipinski definition) is 1. The summed E-state index contributed by atoms with van der Waals surface area (Å²) in [5.41, 5.74) is 7.39. The summed E-state index contributed by atoms with van der Waals surface area (Å²) < 4.78 is 11.3. The van der Waals surface area contributed by atoms with Crippen molar-refractivity contribution in [1.82, 2.24) is 0 Å². The number of allylic oxidation sites excluding steroid dienone is 2. The van der Waals surface area contributed by atoms with Crippen LogP contribution in [0.5, 0.6) is 0 Å². The van der Waals surface area contributed by atoms with E-state index in [4.69, 9.17) is 5.73 Å². The Morgan fingerprint density at radius 3 is 2.37 bits per heavy atom. The lowest BCUT2D eigenvalue weighted by Crippen LogP contribution is -2.24. The number of hydrogen-bond acceptors (Lipinski definition) is 2. The third kappa shape index (κ3) is 7.26. The molecule has 0 fully saturated rings. The minimum absolute atomic E-state index is 0.296. The molecule has 0 spiro atoms. The van der Waals surface area contributed by atoms with Crippen LogP contribution in [-0.2, 0) is 10.8 Å². The monoisotopic (exact) mass is 287 g/mol. The Bertz CT molecular complexity index is 288. The Labute approximate surface area is 122 Å². The minimum Gasteiger partial charge on any atom is -0.330 e. The molecule has 0 saturated carbocycles. The van der Waals surface area contributed by atoms with Crippen LogP contribution in [0.3, 0.4) is 0 Å². The Kier molecular flexibility index (Phi) is 10.5. The molecule has 19 heavy (non-hydrogen) atoms. The lowest BCUT2D eigenvalue weighted by atomic mass is 9.81. The van der Waals surface area contributed by atoms with E-state index in [1.165, 1.54) is 24.8 Å². The van der Waals surface area contributed by atoms with Gasteiger partial charge in [0, 0.05) is 22.3 Å². The largest absolute Gasteiger partial charge is 0.330 e. The summed E-state index contributed by atoms with van der Waals surface area (Å²) in [6.07, 6.45) is 9.77. The maximum Gasteiger partial charge on any atom is 0.0319 e. The van der Waals surface area contributed by atoms with Crippen molar-refractivity contribution in [1.29, 1.82) is 0 Å². The molecular formula is C16H33NOS. The summed E-state index contributed by atoms with van der Waals surface area (Å²) in [7, 11) is -0.700. The van der Waals surface area contributed by atoms with Gasteiger partial charge < -0.3 is 5.73 Å². The van der Waals surface area contributed by atoms with Crippen LogP contribution < -0.4 is 5.73 Å². The van der Waals surface area contributed by atoms with Crippen LogP contribution in [0.1, 0.15) is 59.8 Å². The Morgan fingerprint density at radius 2 is 1.95 bits per heavy atom. The standard InChI is InChI=1S/C16H33NOS/c1-6-9-15(12-17)16(7-2)13(3)10-8-11-14(4)19(5)18/h10,14-16H,6-9,11-12,17H2,1-5H3/b13-10+. The van der Waals surface area contributed by atoms with Crippen LogP contribution in [0.4, 0.5) is 0 Å². The lowest BCUT2D eigenvalue weighted by molar-refractivity contribution is 0.349. The fourth-order valence-electron chi connectivity index (χ4n) is 2.74. The van der Waals surface area contributed by atoms with Gasteiger partial charge in [-0.25, -0.2) is 0 Å². The second-order valence-electron chi connectivity index (χ2n) is 5.63. The zero-order valence-electron chi connectivity index (χ0n) is 13.4. The molecule has 0 heterocycles. The van der Waals surface area contributed by atoms with Gasteiger partial charge in [-0.3, -0.25) is 4.21 Å². The van der Waals surface area contributed by atoms with Crippen LogP contribution in [-0.4, -0.2) is 22.3 Å². The van der Waals surface area contributed by atoms with Gasteiger partial charge in [0.25, 0.3) is 0 Å². The van der Waals surface area contributed by atoms with E-state index in [-0.39, 0.29) is 0 Å². The van der Waals surface area contributed by atoms with E-state index in [9.17, 15) is 4.21 Å². The molecule has 0 aliphatic heterocycles. The highest BCUT2D eigenvalue weighted by Crippen LogP contribution is 2.27. The van der Waals surface area contributed by atoms with Gasteiger partial charge in [-0.15, -0.1) is 0 Å². The second kappa shape index (κ2) is 10.6. The summed E-state index contributed by atoms with van der Waals surface area (Å²) in [5, 5.41) is 0.296. The van der Waals surface area contributed by atoms with E-state index in [0.29, 0.717) is 17.1 Å². The van der Waals surface area contributed by atoms with Gasteiger partial charge in [0.2, 0.25) is 0 Å². The van der Waals surface area contributed by atoms with Gasteiger partial charge in [0.1, 0.15) is 0 Å². The highest BCUT2D eigenvalue weighted by atomic mass is 32.2. The lowest BCUT2D eigenvalue weighted by Gasteiger charge is -2.26. The Balaban J connectivity index is 4.47. The number of nitrogens with two attached hydrogens (primary N) is 1. The smallest absolute Gasteiger partial charge is 0.0319 e. The van der Waals surface area contributed by atoms with Crippen molar-refractivity contribution in [3.05, 3.63) is 11.6 Å². The second-order valence-corrected chi connectivity index (χ2v) is 7.44. The topological polar surface area (TPSA) is 43.1 Å². The molecule has 0 rings (SSSR count). The van der Waals surface area contributed by atoms with Gasteiger partial charge in [0.15, 0.2) is 0 Å². The fraction of sp³-hybridized carbons (Fsp3) is 0.875. The first-order valence-electron chi connectivity index (χ1n) is 7.66. The van der Waals surface area contributed by atoms with E-state index < -0.39 is 10.8 Å². The first kappa shape index (κ1) is 18.9. The Hall–Kier alpha value is -0.150. The minimum atomic E-state index is -0.700. The molecular weight excluding hydrogens is 254 g/mol. The molecule has 0 aromatic carbocycles. The molecule has 0 aromatic rings. The molecule has 3 heteroatoms. The summed E-state index contributed by atoms with van der Waals surface area (Å²) in [6, 6.07) is 0. The van der Waals surface area contributed by atoms with E-state index in [1.807, 2.05) is 0 Å². The number of rotatable bonds is 10. The molecule has 4 atom stereocenters. The van der Waals surface area contributed by atoms with Crippen molar-refractivity contribution >= 4 is 10.8 Å². The summed E-state index contributed by atoms with van der Waals surface area (Å²) in [4.78, 5) is 0. The molecule has 4 unspecified atom stereocenters. The van der Waals surface area contributed by atoms with Crippen molar-refractivity contribution in [2.45, 2.75) is 65.0 Å². The average molecular weight is 288 g/mol. The van der Waals surface area contributed by atoms with Crippen LogP contribution in [0.2, 0.25) is 0 Å². The van der Waals surface area contributed by atoms with E-state index in [1.54, 1.807) is 6.26 Å². The highest BCUT2D eigenvalue weighted by molar-refractivity contribution is 7.84. The van der Waals surface area contributed by atoms with E-state index in [2.05, 4.69) is 33.8 Å². The maximum atomic E-state index is 11.3.